The maximum Gasteiger partial charge on any atom is 0.233 e. The Morgan fingerprint density at radius 1 is 1.45 bits per heavy atom. The zero-order chi connectivity index (χ0) is 13.9. The van der Waals surface area contributed by atoms with E-state index in [1.54, 1.807) is 6.20 Å². The molecule has 1 amide bonds. The van der Waals surface area contributed by atoms with Gasteiger partial charge in [0.25, 0.3) is 0 Å². The van der Waals surface area contributed by atoms with Crippen molar-refractivity contribution in [2.45, 2.75) is 25.7 Å². The van der Waals surface area contributed by atoms with Gasteiger partial charge < -0.3 is 9.42 Å². The molecular formula is C14H16N4O2. The van der Waals surface area contributed by atoms with E-state index in [1.807, 2.05) is 30.0 Å². The molecule has 2 aromatic heterocycles. The molecule has 20 heavy (non-hydrogen) atoms. The van der Waals surface area contributed by atoms with Crippen molar-refractivity contribution in [1.29, 1.82) is 0 Å². The average molecular weight is 272 g/mol. The molecule has 0 radical (unpaired) electrons. The summed E-state index contributed by atoms with van der Waals surface area (Å²) in [5, 5.41) is 3.94. The molecule has 3 rings (SSSR count). The molecule has 1 aliphatic heterocycles. The Bertz CT molecular complexity index is 590. The summed E-state index contributed by atoms with van der Waals surface area (Å²) in [6, 6.07) is 5.56. The van der Waals surface area contributed by atoms with Gasteiger partial charge in [-0.05, 0) is 18.6 Å². The van der Waals surface area contributed by atoms with Crippen LogP contribution in [0.25, 0.3) is 11.5 Å². The maximum atomic E-state index is 11.7. The third-order valence-electron chi connectivity index (χ3n) is 3.38. The van der Waals surface area contributed by atoms with Gasteiger partial charge in [0.15, 0.2) is 0 Å². The number of carbonyl (C=O) groups is 1. The summed E-state index contributed by atoms with van der Waals surface area (Å²) in [5.74, 6) is 1.44. The van der Waals surface area contributed by atoms with Gasteiger partial charge in [-0.1, -0.05) is 18.1 Å². The normalized spacial score (nSPS) is 15.2. The largest absolute Gasteiger partial charge is 0.341 e. The predicted molar refractivity (Wildman–Crippen MR) is 71.8 cm³/mol. The van der Waals surface area contributed by atoms with E-state index in [0.29, 0.717) is 36.9 Å². The Morgan fingerprint density at radius 3 is 3.00 bits per heavy atom. The number of hydrogen-bond donors (Lipinski definition) is 0. The van der Waals surface area contributed by atoms with Gasteiger partial charge in [-0.3, -0.25) is 9.78 Å². The summed E-state index contributed by atoms with van der Waals surface area (Å²) in [6.07, 6.45) is 3.18. The zero-order valence-electron chi connectivity index (χ0n) is 11.3. The number of carbonyl (C=O) groups excluding carboxylic acids is 1. The fourth-order valence-electron chi connectivity index (χ4n) is 2.21. The SMILES string of the molecule is CCCC(=O)N1CC(c2nc(-c3ccccn3)no2)C1. The molecule has 0 aliphatic carbocycles. The van der Waals surface area contributed by atoms with E-state index < -0.39 is 0 Å². The van der Waals surface area contributed by atoms with Crippen molar-refractivity contribution < 1.29 is 9.32 Å². The van der Waals surface area contributed by atoms with Crippen LogP contribution in [0.3, 0.4) is 0 Å². The Morgan fingerprint density at radius 2 is 2.30 bits per heavy atom. The molecule has 6 heteroatoms. The lowest BCUT2D eigenvalue weighted by molar-refractivity contribution is -0.136. The highest BCUT2D eigenvalue weighted by Crippen LogP contribution is 2.27. The topological polar surface area (TPSA) is 72.1 Å². The summed E-state index contributed by atoms with van der Waals surface area (Å²) < 4.78 is 5.27. The Hall–Kier alpha value is -2.24. The molecule has 1 saturated heterocycles. The van der Waals surface area contributed by atoms with Crippen molar-refractivity contribution >= 4 is 5.91 Å². The summed E-state index contributed by atoms with van der Waals surface area (Å²) in [7, 11) is 0. The second-order valence-corrected chi connectivity index (χ2v) is 4.92. The molecule has 0 unspecified atom stereocenters. The number of pyridine rings is 1. The average Bonchev–Trinajstić information content (AvgIpc) is 2.88. The highest BCUT2D eigenvalue weighted by molar-refractivity contribution is 5.77. The number of likely N-dealkylation sites (tertiary alicyclic amines) is 1. The van der Waals surface area contributed by atoms with Crippen LogP contribution < -0.4 is 0 Å². The third-order valence-corrected chi connectivity index (χ3v) is 3.38. The van der Waals surface area contributed by atoms with Gasteiger partial charge in [-0.25, -0.2) is 0 Å². The number of hydrogen-bond acceptors (Lipinski definition) is 5. The van der Waals surface area contributed by atoms with E-state index in [2.05, 4.69) is 15.1 Å². The van der Waals surface area contributed by atoms with Crippen LogP contribution in [-0.2, 0) is 4.79 Å². The monoisotopic (exact) mass is 272 g/mol. The molecule has 1 aliphatic rings. The Balaban J connectivity index is 1.64. The van der Waals surface area contributed by atoms with Crippen molar-refractivity contribution in [2.24, 2.45) is 0 Å². The van der Waals surface area contributed by atoms with Crippen molar-refractivity contribution in [2.75, 3.05) is 13.1 Å². The Kier molecular flexibility index (Phi) is 3.45. The second-order valence-electron chi connectivity index (χ2n) is 4.92. The standard InChI is InChI=1S/C14H16N4O2/c1-2-5-12(19)18-8-10(9-18)14-16-13(17-20-14)11-6-3-4-7-15-11/h3-4,6-7,10H,2,5,8-9H2,1H3. The zero-order valence-corrected chi connectivity index (χ0v) is 11.3. The van der Waals surface area contributed by atoms with Crippen LogP contribution in [0.5, 0.6) is 0 Å². The first-order chi connectivity index (χ1) is 9.78. The summed E-state index contributed by atoms with van der Waals surface area (Å²) in [6.45, 7) is 3.34. The first kappa shape index (κ1) is 12.8. The fourth-order valence-corrected chi connectivity index (χ4v) is 2.21. The van der Waals surface area contributed by atoms with Crippen LogP contribution in [0.1, 0.15) is 31.6 Å². The van der Waals surface area contributed by atoms with E-state index in [-0.39, 0.29) is 11.8 Å². The summed E-state index contributed by atoms with van der Waals surface area (Å²) in [5.41, 5.74) is 0.695. The number of amides is 1. The van der Waals surface area contributed by atoms with E-state index >= 15 is 0 Å². The lowest BCUT2D eigenvalue weighted by Crippen LogP contribution is -2.48. The minimum absolute atomic E-state index is 0.153. The smallest absolute Gasteiger partial charge is 0.233 e. The van der Waals surface area contributed by atoms with Gasteiger partial charge in [0.2, 0.25) is 17.6 Å². The van der Waals surface area contributed by atoms with Crippen LogP contribution in [-0.4, -0.2) is 39.0 Å². The van der Waals surface area contributed by atoms with Crippen molar-refractivity contribution in [3.8, 4) is 11.5 Å². The van der Waals surface area contributed by atoms with E-state index in [4.69, 9.17) is 4.52 Å². The van der Waals surface area contributed by atoms with Gasteiger partial charge in [0, 0.05) is 25.7 Å². The minimum Gasteiger partial charge on any atom is -0.341 e. The van der Waals surface area contributed by atoms with Crippen molar-refractivity contribution in [1.82, 2.24) is 20.0 Å². The number of rotatable bonds is 4. The quantitative estimate of drug-likeness (QED) is 0.849. The molecule has 0 N–H and O–H groups in total. The van der Waals surface area contributed by atoms with Gasteiger partial charge in [0.1, 0.15) is 5.69 Å². The second kappa shape index (κ2) is 5.40. The number of nitrogens with zero attached hydrogens (tertiary/aromatic N) is 4. The van der Waals surface area contributed by atoms with Crippen molar-refractivity contribution in [3.63, 3.8) is 0 Å². The van der Waals surface area contributed by atoms with Crippen LogP contribution in [0.15, 0.2) is 28.9 Å². The third kappa shape index (κ3) is 2.41. The van der Waals surface area contributed by atoms with E-state index in [0.717, 1.165) is 6.42 Å². The lowest BCUT2D eigenvalue weighted by Gasteiger charge is -2.37. The molecule has 0 saturated carbocycles. The fraction of sp³-hybridized carbons (Fsp3) is 0.429. The van der Waals surface area contributed by atoms with Gasteiger partial charge >= 0.3 is 0 Å². The number of aromatic nitrogens is 3. The predicted octanol–water partition coefficient (Wildman–Crippen LogP) is 1.86. The minimum atomic E-state index is 0.153. The van der Waals surface area contributed by atoms with Gasteiger partial charge in [-0.15, -0.1) is 0 Å². The molecule has 3 heterocycles. The molecular weight excluding hydrogens is 256 g/mol. The van der Waals surface area contributed by atoms with Crippen LogP contribution in [0.2, 0.25) is 0 Å². The van der Waals surface area contributed by atoms with E-state index in [9.17, 15) is 4.79 Å². The van der Waals surface area contributed by atoms with Crippen LogP contribution in [0.4, 0.5) is 0 Å². The van der Waals surface area contributed by atoms with Gasteiger partial charge in [0.05, 0.1) is 5.92 Å². The van der Waals surface area contributed by atoms with Crippen LogP contribution >= 0.6 is 0 Å². The molecule has 0 bridgehead atoms. The van der Waals surface area contributed by atoms with Crippen molar-refractivity contribution in [3.05, 3.63) is 30.3 Å². The first-order valence-electron chi connectivity index (χ1n) is 6.80. The lowest BCUT2D eigenvalue weighted by atomic mass is 9.99. The highest BCUT2D eigenvalue weighted by Gasteiger charge is 2.35. The highest BCUT2D eigenvalue weighted by atomic mass is 16.5. The molecule has 6 nitrogen and oxygen atoms in total. The first-order valence-corrected chi connectivity index (χ1v) is 6.80. The molecule has 0 aromatic carbocycles. The molecule has 1 fully saturated rings. The molecule has 0 atom stereocenters. The molecule has 0 spiro atoms. The van der Waals surface area contributed by atoms with E-state index in [1.165, 1.54) is 0 Å². The summed E-state index contributed by atoms with van der Waals surface area (Å²) >= 11 is 0. The summed E-state index contributed by atoms with van der Waals surface area (Å²) in [4.78, 5) is 22.1. The maximum absolute atomic E-state index is 11.7. The van der Waals surface area contributed by atoms with Gasteiger partial charge in [-0.2, -0.15) is 4.98 Å². The molecule has 104 valence electrons. The van der Waals surface area contributed by atoms with Crippen LogP contribution in [0, 0.1) is 0 Å². The Labute approximate surface area is 116 Å². The molecule has 2 aromatic rings.